The van der Waals surface area contributed by atoms with Gasteiger partial charge in [-0.1, -0.05) is 36.1 Å². The lowest BCUT2D eigenvalue weighted by molar-refractivity contribution is -0.132. The number of Topliss-reactive ketones (excluding diaryl/α,β-unsaturated/α-hetero) is 2. The molecule has 1 amide bonds. The fraction of sp³-hybridized carbons (Fsp3) is 0.214. The molecule has 3 heterocycles. The molecule has 0 aliphatic carbocycles. The average molecular weight is 533 g/mol. The fourth-order valence-electron chi connectivity index (χ4n) is 4.43. The van der Waals surface area contributed by atoms with E-state index < -0.39 is 17.7 Å². The van der Waals surface area contributed by atoms with E-state index in [1.807, 2.05) is 0 Å². The van der Waals surface area contributed by atoms with Gasteiger partial charge >= 0.3 is 5.91 Å². The maximum absolute atomic E-state index is 13.5. The summed E-state index contributed by atoms with van der Waals surface area (Å²) in [6.45, 7) is 7.75. The minimum atomic E-state index is -1.03. The van der Waals surface area contributed by atoms with Crippen molar-refractivity contribution in [3.63, 3.8) is 0 Å². The molecule has 5 rings (SSSR count). The van der Waals surface area contributed by atoms with E-state index in [1.165, 1.54) is 11.8 Å². The third kappa shape index (κ3) is 4.43. The summed E-state index contributed by atoms with van der Waals surface area (Å²) >= 11 is 1.02. The van der Waals surface area contributed by atoms with Gasteiger partial charge in [0, 0.05) is 12.5 Å². The number of ketones is 2. The Labute approximate surface area is 222 Å². The van der Waals surface area contributed by atoms with Crippen molar-refractivity contribution in [3.8, 4) is 17.2 Å². The van der Waals surface area contributed by atoms with Gasteiger partial charge in [-0.25, -0.2) is 4.98 Å². The van der Waals surface area contributed by atoms with Gasteiger partial charge in [-0.3, -0.25) is 19.3 Å². The third-order valence-corrected chi connectivity index (χ3v) is 7.37. The fourth-order valence-corrected chi connectivity index (χ4v) is 5.42. The van der Waals surface area contributed by atoms with Crippen LogP contribution < -0.4 is 19.1 Å². The smallest absolute Gasteiger partial charge is 0.301 e. The van der Waals surface area contributed by atoms with Crippen LogP contribution in [-0.4, -0.2) is 47.4 Å². The molecule has 1 saturated heterocycles. The number of aryl methyl sites for hydroxylation is 1. The van der Waals surface area contributed by atoms with Crippen LogP contribution in [0, 0.1) is 6.92 Å². The first-order valence-corrected chi connectivity index (χ1v) is 12.6. The summed E-state index contributed by atoms with van der Waals surface area (Å²) in [5.74, 6) is -0.875. The Kier molecular flexibility index (Phi) is 6.73. The van der Waals surface area contributed by atoms with Gasteiger partial charge in [-0.05, 0) is 42.8 Å². The highest BCUT2D eigenvalue weighted by molar-refractivity contribution is 7.18. The van der Waals surface area contributed by atoms with Crippen molar-refractivity contribution in [1.82, 2.24) is 4.98 Å². The van der Waals surface area contributed by atoms with Crippen LogP contribution in [0.2, 0.25) is 0 Å². The molecular weight excluding hydrogens is 508 g/mol. The highest BCUT2D eigenvalue weighted by Gasteiger charge is 2.48. The summed E-state index contributed by atoms with van der Waals surface area (Å²) < 4.78 is 16.9. The summed E-state index contributed by atoms with van der Waals surface area (Å²) in [4.78, 5) is 45.1. The molecule has 10 heteroatoms. The lowest BCUT2D eigenvalue weighted by atomic mass is 9.95. The molecule has 0 saturated carbocycles. The Morgan fingerprint density at radius 3 is 2.68 bits per heavy atom. The highest BCUT2D eigenvalue weighted by Crippen LogP contribution is 2.45. The van der Waals surface area contributed by atoms with E-state index in [1.54, 1.807) is 55.5 Å². The summed E-state index contributed by atoms with van der Waals surface area (Å²) in [7, 11) is 0. The summed E-state index contributed by atoms with van der Waals surface area (Å²) in [6, 6.07) is 10.7. The Balaban J connectivity index is 1.69. The lowest BCUT2D eigenvalue weighted by Crippen LogP contribution is -2.29. The molecule has 3 aromatic rings. The molecule has 2 aliphatic rings. The normalized spacial score (nSPS) is 17.9. The molecule has 2 aromatic carbocycles. The number of nitrogens with zero attached hydrogens (tertiary/aromatic N) is 2. The number of carbonyl (C=O) groups excluding carboxylic acids is 3. The number of aliphatic hydroxyl groups is 1. The molecule has 1 N–H and O–H groups in total. The van der Waals surface area contributed by atoms with Gasteiger partial charge in [-0.15, -0.1) is 0 Å². The molecule has 0 bridgehead atoms. The number of fused-ring (bicyclic) bond motifs is 1. The first-order valence-electron chi connectivity index (χ1n) is 11.8. The second-order valence-corrected chi connectivity index (χ2v) is 9.64. The van der Waals surface area contributed by atoms with Crippen LogP contribution in [0.5, 0.6) is 17.2 Å². The molecule has 2 aliphatic heterocycles. The Morgan fingerprint density at radius 1 is 1.21 bits per heavy atom. The molecule has 1 unspecified atom stereocenters. The van der Waals surface area contributed by atoms with Crippen LogP contribution in [0.4, 0.5) is 5.13 Å². The van der Waals surface area contributed by atoms with Gasteiger partial charge in [0.25, 0.3) is 5.78 Å². The number of hydrogen-bond acceptors (Lipinski definition) is 9. The predicted molar refractivity (Wildman–Crippen MR) is 141 cm³/mol. The predicted octanol–water partition coefficient (Wildman–Crippen LogP) is 4.62. The Bertz CT molecular complexity index is 1510. The lowest BCUT2D eigenvalue weighted by Gasteiger charge is -2.23. The van der Waals surface area contributed by atoms with Crippen molar-refractivity contribution in [2.24, 2.45) is 0 Å². The van der Waals surface area contributed by atoms with Crippen molar-refractivity contribution >= 4 is 39.7 Å². The standard InChI is InChI=1S/C28H24N2O7S/c1-4-10-35-19-7-5-6-17(13-19)23-22(24(32)18-8-9-20-21(14-18)37-12-11-36-20)25(33)27(34)30(23)28-29-15(2)26(38-28)16(3)31/h4-9,13-14,23,32H,1,10-12H2,2-3H3/b24-22-. The van der Waals surface area contributed by atoms with Gasteiger partial charge in [0.2, 0.25) is 0 Å². The van der Waals surface area contributed by atoms with E-state index >= 15 is 0 Å². The number of rotatable bonds is 7. The zero-order valence-electron chi connectivity index (χ0n) is 20.7. The van der Waals surface area contributed by atoms with Crippen LogP contribution in [0.15, 0.2) is 60.7 Å². The first kappa shape index (κ1) is 25.2. The van der Waals surface area contributed by atoms with E-state index in [9.17, 15) is 19.5 Å². The summed E-state index contributed by atoms with van der Waals surface area (Å²) in [5.41, 5.74) is 1.14. The van der Waals surface area contributed by atoms with Crippen LogP contribution in [-0.2, 0) is 9.59 Å². The molecule has 38 heavy (non-hydrogen) atoms. The minimum absolute atomic E-state index is 0.121. The van der Waals surface area contributed by atoms with Crippen LogP contribution in [0.1, 0.15) is 39.5 Å². The van der Waals surface area contributed by atoms with Crippen molar-refractivity contribution in [1.29, 1.82) is 0 Å². The van der Waals surface area contributed by atoms with Crippen LogP contribution in [0.3, 0.4) is 0 Å². The van der Waals surface area contributed by atoms with Crippen LogP contribution >= 0.6 is 11.3 Å². The largest absolute Gasteiger partial charge is 0.507 e. The zero-order chi connectivity index (χ0) is 27.0. The number of ether oxygens (including phenoxy) is 3. The molecule has 194 valence electrons. The van der Waals surface area contributed by atoms with Crippen molar-refractivity contribution in [2.45, 2.75) is 19.9 Å². The average Bonchev–Trinajstić information content (AvgIpc) is 3.43. The van der Waals surface area contributed by atoms with Gasteiger partial charge < -0.3 is 19.3 Å². The van der Waals surface area contributed by atoms with Crippen molar-refractivity contribution < 1.29 is 33.7 Å². The van der Waals surface area contributed by atoms with Crippen molar-refractivity contribution in [3.05, 3.63) is 82.4 Å². The van der Waals surface area contributed by atoms with Gasteiger partial charge in [0.1, 0.15) is 31.3 Å². The molecular formula is C28H24N2O7S. The van der Waals surface area contributed by atoms with E-state index in [0.29, 0.717) is 46.6 Å². The second-order valence-electron chi connectivity index (χ2n) is 8.67. The van der Waals surface area contributed by atoms with Crippen molar-refractivity contribution in [2.75, 3.05) is 24.7 Å². The van der Waals surface area contributed by atoms with E-state index in [4.69, 9.17) is 14.2 Å². The minimum Gasteiger partial charge on any atom is -0.507 e. The van der Waals surface area contributed by atoms with Gasteiger partial charge in [0.15, 0.2) is 22.4 Å². The number of carbonyl (C=O) groups is 3. The molecule has 1 atom stereocenters. The van der Waals surface area contributed by atoms with E-state index in [-0.39, 0.29) is 34.4 Å². The number of hydrogen-bond donors (Lipinski definition) is 1. The maximum atomic E-state index is 13.5. The van der Waals surface area contributed by atoms with E-state index in [0.717, 1.165) is 11.3 Å². The first-order chi connectivity index (χ1) is 18.3. The molecule has 1 aromatic heterocycles. The topological polar surface area (TPSA) is 115 Å². The number of benzene rings is 2. The van der Waals surface area contributed by atoms with Gasteiger partial charge in [0.05, 0.1) is 22.2 Å². The number of anilines is 1. The number of thiazole rings is 1. The Morgan fingerprint density at radius 2 is 1.97 bits per heavy atom. The monoisotopic (exact) mass is 532 g/mol. The third-order valence-electron chi connectivity index (χ3n) is 6.11. The zero-order valence-corrected chi connectivity index (χ0v) is 21.5. The highest BCUT2D eigenvalue weighted by atomic mass is 32.1. The molecule has 9 nitrogen and oxygen atoms in total. The number of amides is 1. The summed E-state index contributed by atoms with van der Waals surface area (Å²) in [6.07, 6.45) is 1.60. The Hall–Kier alpha value is -4.44. The van der Waals surface area contributed by atoms with E-state index in [2.05, 4.69) is 11.6 Å². The molecule has 0 radical (unpaired) electrons. The molecule has 0 spiro atoms. The van der Waals surface area contributed by atoms with Crippen LogP contribution in [0.25, 0.3) is 5.76 Å². The number of aliphatic hydroxyl groups excluding tert-OH is 1. The molecule has 1 fully saturated rings. The second kappa shape index (κ2) is 10.1. The SMILES string of the molecule is C=CCOc1cccc(C2/C(=C(/O)c3ccc4c(c3)OCCO4)C(=O)C(=O)N2c2nc(C)c(C(C)=O)s2)c1. The maximum Gasteiger partial charge on any atom is 0.301 e. The van der Waals surface area contributed by atoms with Gasteiger partial charge in [-0.2, -0.15) is 0 Å². The quantitative estimate of drug-likeness (QED) is 0.154. The summed E-state index contributed by atoms with van der Waals surface area (Å²) in [5, 5.41) is 11.6. The number of aromatic nitrogens is 1.